The molecular weight excluding hydrogens is 434 g/mol. The molecule has 3 aromatic heterocycles. The van der Waals surface area contributed by atoms with Crippen LogP contribution < -0.4 is 10.6 Å². The van der Waals surface area contributed by atoms with Gasteiger partial charge in [0.2, 0.25) is 5.91 Å². The predicted molar refractivity (Wildman–Crippen MR) is 131 cm³/mol. The molecule has 7 nitrogen and oxygen atoms in total. The highest BCUT2D eigenvalue weighted by Crippen LogP contribution is 2.26. The summed E-state index contributed by atoms with van der Waals surface area (Å²) in [5, 5.41) is 7.67. The average molecular weight is 458 g/mol. The van der Waals surface area contributed by atoms with Crippen LogP contribution in [0.4, 0.5) is 0 Å². The van der Waals surface area contributed by atoms with Gasteiger partial charge in [-0.3, -0.25) is 9.59 Å². The molecule has 5 aromatic rings. The molecule has 3 heterocycles. The van der Waals surface area contributed by atoms with E-state index in [4.69, 9.17) is 0 Å². The van der Waals surface area contributed by atoms with Crippen LogP contribution >= 0.6 is 11.3 Å². The van der Waals surface area contributed by atoms with E-state index in [-0.39, 0.29) is 24.4 Å². The van der Waals surface area contributed by atoms with Crippen LogP contribution in [0.15, 0.2) is 73.2 Å². The molecule has 0 radical (unpaired) electrons. The van der Waals surface area contributed by atoms with Crippen molar-refractivity contribution in [2.45, 2.75) is 19.4 Å². The van der Waals surface area contributed by atoms with Gasteiger partial charge >= 0.3 is 0 Å². The second-order valence-electron chi connectivity index (χ2n) is 7.98. The molecule has 2 aromatic carbocycles. The summed E-state index contributed by atoms with van der Waals surface area (Å²) in [4.78, 5) is 32.8. The van der Waals surface area contributed by atoms with Crippen LogP contribution in [0, 0.1) is 0 Å². The third kappa shape index (κ3) is 4.51. The highest BCUT2D eigenvalue weighted by molar-refractivity contribution is 7.20. The lowest BCUT2D eigenvalue weighted by atomic mass is 10.1. The summed E-state index contributed by atoms with van der Waals surface area (Å²) in [7, 11) is 0. The molecule has 0 fully saturated rings. The number of benzene rings is 2. The SMILES string of the molecule is C[C@H](Cc1c[nH]c2ccccc12)NC(=O)CNC(=O)c1ccc2nc(-n3cccc3)sc2c1. The maximum Gasteiger partial charge on any atom is 0.251 e. The van der Waals surface area contributed by atoms with Crippen molar-refractivity contribution in [2.75, 3.05) is 6.54 Å². The first-order valence-corrected chi connectivity index (χ1v) is 11.5. The topological polar surface area (TPSA) is 91.8 Å². The fourth-order valence-corrected chi connectivity index (χ4v) is 4.87. The standard InChI is InChI=1S/C25H23N5O2S/c1-16(12-18-14-26-20-7-3-2-6-19(18)20)28-23(31)15-27-24(32)17-8-9-21-22(13-17)33-25(29-21)30-10-4-5-11-30/h2-11,13-14,16,26H,12,15H2,1H3,(H,27,32)(H,28,31)/t16-/m1/s1. The van der Waals surface area contributed by atoms with Gasteiger partial charge in [0, 0.05) is 41.1 Å². The molecule has 3 N–H and O–H groups in total. The minimum atomic E-state index is -0.285. The lowest BCUT2D eigenvalue weighted by molar-refractivity contribution is -0.120. The number of rotatable bonds is 7. The fourth-order valence-electron chi connectivity index (χ4n) is 3.90. The van der Waals surface area contributed by atoms with Crippen LogP contribution in [0.2, 0.25) is 0 Å². The molecule has 0 spiro atoms. The number of nitrogens with zero attached hydrogens (tertiary/aromatic N) is 2. The second-order valence-corrected chi connectivity index (χ2v) is 8.99. The Labute approximate surface area is 194 Å². The molecule has 2 amide bonds. The highest BCUT2D eigenvalue weighted by Gasteiger charge is 2.14. The van der Waals surface area contributed by atoms with E-state index in [0.717, 1.165) is 31.8 Å². The Hall–Kier alpha value is -3.91. The average Bonchev–Trinajstić information content (AvgIpc) is 3.56. The number of aromatic amines is 1. The Bertz CT molecular complexity index is 1430. The number of hydrogen-bond acceptors (Lipinski definition) is 4. The molecule has 166 valence electrons. The molecule has 0 saturated heterocycles. The summed E-state index contributed by atoms with van der Waals surface area (Å²) in [6, 6.07) is 17.3. The molecule has 33 heavy (non-hydrogen) atoms. The van der Waals surface area contributed by atoms with Crippen molar-refractivity contribution < 1.29 is 9.59 Å². The molecule has 1 atom stereocenters. The zero-order valence-electron chi connectivity index (χ0n) is 18.0. The Morgan fingerprint density at radius 2 is 1.94 bits per heavy atom. The van der Waals surface area contributed by atoms with E-state index in [1.165, 1.54) is 11.3 Å². The van der Waals surface area contributed by atoms with E-state index >= 15 is 0 Å². The molecule has 0 aliphatic heterocycles. The molecular formula is C25H23N5O2S. The second kappa shape index (κ2) is 8.91. The van der Waals surface area contributed by atoms with Crippen LogP contribution in [0.1, 0.15) is 22.8 Å². The van der Waals surface area contributed by atoms with Crippen molar-refractivity contribution in [2.24, 2.45) is 0 Å². The van der Waals surface area contributed by atoms with Crippen molar-refractivity contribution in [3.63, 3.8) is 0 Å². The minimum absolute atomic E-state index is 0.0609. The van der Waals surface area contributed by atoms with Crippen LogP contribution in [-0.2, 0) is 11.2 Å². The van der Waals surface area contributed by atoms with E-state index in [0.29, 0.717) is 12.0 Å². The van der Waals surface area contributed by atoms with Gasteiger partial charge in [0.1, 0.15) is 0 Å². The number of aromatic nitrogens is 3. The molecule has 0 bridgehead atoms. The van der Waals surface area contributed by atoms with Crippen molar-refractivity contribution in [3.05, 3.63) is 84.3 Å². The van der Waals surface area contributed by atoms with Crippen LogP contribution in [0.3, 0.4) is 0 Å². The monoisotopic (exact) mass is 457 g/mol. The summed E-state index contributed by atoms with van der Waals surface area (Å²) in [5.41, 5.74) is 3.57. The van der Waals surface area contributed by atoms with E-state index < -0.39 is 0 Å². The summed E-state index contributed by atoms with van der Waals surface area (Å²) in [6.07, 6.45) is 6.55. The van der Waals surface area contributed by atoms with Crippen LogP contribution in [-0.4, -0.2) is 38.9 Å². The lowest BCUT2D eigenvalue weighted by Crippen LogP contribution is -2.41. The Morgan fingerprint density at radius 1 is 1.12 bits per heavy atom. The number of H-pyrrole nitrogens is 1. The lowest BCUT2D eigenvalue weighted by Gasteiger charge is -2.14. The zero-order valence-corrected chi connectivity index (χ0v) is 18.9. The maximum atomic E-state index is 12.6. The molecule has 0 saturated carbocycles. The third-order valence-electron chi connectivity index (χ3n) is 5.48. The molecule has 8 heteroatoms. The number of hydrogen-bond donors (Lipinski definition) is 3. The van der Waals surface area contributed by atoms with E-state index in [1.807, 2.05) is 72.5 Å². The van der Waals surface area contributed by atoms with Gasteiger partial charge in [-0.2, -0.15) is 0 Å². The van der Waals surface area contributed by atoms with Gasteiger partial charge in [-0.15, -0.1) is 0 Å². The number of para-hydroxylation sites is 1. The normalized spacial score (nSPS) is 12.2. The summed E-state index contributed by atoms with van der Waals surface area (Å²) in [6.45, 7) is 1.88. The third-order valence-corrected chi connectivity index (χ3v) is 6.51. The number of carbonyl (C=O) groups excluding carboxylic acids is 2. The van der Waals surface area contributed by atoms with Gasteiger partial charge in [-0.05, 0) is 55.3 Å². The number of amides is 2. The molecule has 5 rings (SSSR count). The van der Waals surface area contributed by atoms with Crippen LogP contribution in [0.25, 0.3) is 26.3 Å². The maximum absolute atomic E-state index is 12.6. The number of carbonyl (C=O) groups is 2. The van der Waals surface area contributed by atoms with Crippen molar-refractivity contribution in [1.82, 2.24) is 25.2 Å². The highest BCUT2D eigenvalue weighted by atomic mass is 32.1. The van der Waals surface area contributed by atoms with Crippen LogP contribution in [0.5, 0.6) is 0 Å². The Balaban J connectivity index is 1.17. The number of thiazole rings is 1. The summed E-state index contributed by atoms with van der Waals surface area (Å²) in [5.74, 6) is -0.503. The first kappa shape index (κ1) is 21.0. The Kier molecular flexibility index (Phi) is 5.66. The number of fused-ring (bicyclic) bond motifs is 2. The van der Waals surface area contributed by atoms with Gasteiger partial charge in [-0.25, -0.2) is 4.98 Å². The Morgan fingerprint density at radius 3 is 2.79 bits per heavy atom. The fraction of sp³-hybridized carbons (Fsp3) is 0.160. The van der Waals surface area contributed by atoms with Gasteiger partial charge in [0.15, 0.2) is 5.13 Å². The smallest absolute Gasteiger partial charge is 0.251 e. The van der Waals surface area contributed by atoms with Crippen molar-refractivity contribution in [1.29, 1.82) is 0 Å². The van der Waals surface area contributed by atoms with Gasteiger partial charge in [0.25, 0.3) is 5.91 Å². The molecule has 0 unspecified atom stereocenters. The minimum Gasteiger partial charge on any atom is -0.361 e. The molecule has 0 aliphatic rings. The largest absolute Gasteiger partial charge is 0.361 e. The number of nitrogens with one attached hydrogen (secondary N) is 3. The first-order chi connectivity index (χ1) is 16.1. The van der Waals surface area contributed by atoms with E-state index in [2.05, 4.69) is 26.7 Å². The van der Waals surface area contributed by atoms with Crippen molar-refractivity contribution >= 4 is 44.3 Å². The van der Waals surface area contributed by atoms with E-state index in [1.54, 1.807) is 6.07 Å². The summed E-state index contributed by atoms with van der Waals surface area (Å²) >= 11 is 1.51. The van der Waals surface area contributed by atoms with Crippen molar-refractivity contribution in [3.8, 4) is 5.13 Å². The quantitative estimate of drug-likeness (QED) is 0.344. The first-order valence-electron chi connectivity index (χ1n) is 10.7. The summed E-state index contributed by atoms with van der Waals surface area (Å²) < 4.78 is 2.86. The van der Waals surface area contributed by atoms with Gasteiger partial charge in [-0.1, -0.05) is 29.5 Å². The predicted octanol–water partition coefficient (Wildman–Crippen LogP) is 4.05. The van der Waals surface area contributed by atoms with E-state index in [9.17, 15) is 9.59 Å². The molecule has 0 aliphatic carbocycles. The zero-order chi connectivity index (χ0) is 22.8. The van der Waals surface area contributed by atoms with Gasteiger partial charge in [0.05, 0.1) is 16.8 Å². The van der Waals surface area contributed by atoms with Gasteiger partial charge < -0.3 is 20.2 Å².